The summed E-state index contributed by atoms with van der Waals surface area (Å²) < 4.78 is 25.5. The number of hydrogen-bond acceptors (Lipinski definition) is 4. The molecule has 0 fully saturated rings. The van der Waals surface area contributed by atoms with E-state index in [1.807, 2.05) is 24.4 Å². The standard InChI is InChI=1S/C20H27FN2O2/c1-12-19-13(2)25-18-9-15(24-11-14(22)10-20(3,4)21)5-6-16(18)17(19)7-8-23-12/h5-9,12-14,19H,10-11,22H2,1-4H3. The lowest BCUT2D eigenvalue weighted by Crippen LogP contribution is -2.37. The van der Waals surface area contributed by atoms with Gasteiger partial charge in [-0.3, -0.25) is 4.99 Å². The fraction of sp³-hybridized carbons (Fsp3) is 0.550. The summed E-state index contributed by atoms with van der Waals surface area (Å²) in [5.74, 6) is 1.77. The van der Waals surface area contributed by atoms with Crippen molar-refractivity contribution in [3.05, 3.63) is 29.8 Å². The molecule has 0 aliphatic carbocycles. The zero-order chi connectivity index (χ0) is 18.2. The van der Waals surface area contributed by atoms with Crippen LogP contribution in [0.25, 0.3) is 5.57 Å². The van der Waals surface area contributed by atoms with Crippen molar-refractivity contribution in [1.82, 2.24) is 0 Å². The first-order valence-electron chi connectivity index (χ1n) is 8.86. The Kier molecular flexibility index (Phi) is 4.87. The molecule has 4 atom stereocenters. The summed E-state index contributed by atoms with van der Waals surface area (Å²) in [7, 11) is 0. The minimum absolute atomic E-state index is 0.0519. The molecule has 0 spiro atoms. The van der Waals surface area contributed by atoms with Crippen LogP contribution in [0.2, 0.25) is 0 Å². The van der Waals surface area contributed by atoms with Crippen molar-refractivity contribution in [3.8, 4) is 11.5 Å². The van der Waals surface area contributed by atoms with E-state index in [-0.39, 0.29) is 37.1 Å². The van der Waals surface area contributed by atoms with Crippen molar-refractivity contribution in [1.29, 1.82) is 0 Å². The van der Waals surface area contributed by atoms with Gasteiger partial charge in [0.2, 0.25) is 0 Å². The van der Waals surface area contributed by atoms with Crippen LogP contribution < -0.4 is 15.2 Å². The van der Waals surface area contributed by atoms with E-state index in [1.54, 1.807) is 0 Å². The number of hydrogen-bond donors (Lipinski definition) is 1. The number of nitrogens with zero attached hydrogens (tertiary/aromatic N) is 1. The van der Waals surface area contributed by atoms with Crippen LogP contribution >= 0.6 is 0 Å². The third-order valence-corrected chi connectivity index (χ3v) is 4.75. The number of fused-ring (bicyclic) bond motifs is 3. The van der Waals surface area contributed by atoms with Crippen molar-refractivity contribution in [2.75, 3.05) is 6.61 Å². The van der Waals surface area contributed by atoms with Gasteiger partial charge in [0.1, 0.15) is 29.9 Å². The van der Waals surface area contributed by atoms with Gasteiger partial charge in [0, 0.05) is 29.8 Å². The maximum atomic E-state index is 13.7. The van der Waals surface area contributed by atoms with Gasteiger partial charge in [-0.1, -0.05) is 0 Å². The molecule has 25 heavy (non-hydrogen) atoms. The fourth-order valence-corrected chi connectivity index (χ4v) is 3.72. The van der Waals surface area contributed by atoms with Crippen LogP contribution in [0, 0.1) is 5.92 Å². The van der Waals surface area contributed by atoms with E-state index >= 15 is 0 Å². The average Bonchev–Trinajstić information content (AvgIpc) is 2.51. The van der Waals surface area contributed by atoms with Gasteiger partial charge in [-0.05, 0) is 57.9 Å². The Bertz CT molecular complexity index is 693. The van der Waals surface area contributed by atoms with Gasteiger partial charge in [0.05, 0.1) is 6.04 Å². The van der Waals surface area contributed by atoms with Gasteiger partial charge >= 0.3 is 0 Å². The maximum Gasteiger partial charge on any atom is 0.130 e. The molecule has 4 nitrogen and oxygen atoms in total. The molecule has 2 heterocycles. The molecule has 0 saturated carbocycles. The molecule has 5 heteroatoms. The number of halogens is 1. The first-order chi connectivity index (χ1) is 11.7. The maximum absolute atomic E-state index is 13.7. The molecule has 0 amide bonds. The lowest BCUT2D eigenvalue weighted by atomic mass is 9.80. The van der Waals surface area contributed by atoms with Crippen molar-refractivity contribution in [2.45, 2.75) is 58.0 Å². The Balaban J connectivity index is 1.74. The second kappa shape index (κ2) is 6.79. The van der Waals surface area contributed by atoms with Crippen molar-refractivity contribution >= 4 is 11.8 Å². The van der Waals surface area contributed by atoms with Gasteiger partial charge in [-0.2, -0.15) is 0 Å². The third kappa shape index (κ3) is 4.03. The summed E-state index contributed by atoms with van der Waals surface area (Å²) in [6, 6.07) is 5.69. The summed E-state index contributed by atoms with van der Waals surface area (Å²) in [6.45, 7) is 7.52. The van der Waals surface area contributed by atoms with Gasteiger partial charge < -0.3 is 15.2 Å². The van der Waals surface area contributed by atoms with Crippen LogP contribution in [-0.4, -0.2) is 36.7 Å². The molecule has 0 aromatic heterocycles. The molecule has 2 N–H and O–H groups in total. The SMILES string of the molecule is CC1N=CC=C2c3ccc(OCC(N)CC(C)(C)F)cc3OC(C)C21. The van der Waals surface area contributed by atoms with Crippen LogP contribution in [0.15, 0.2) is 29.3 Å². The zero-order valence-corrected chi connectivity index (χ0v) is 15.3. The Morgan fingerprint density at radius 1 is 1.36 bits per heavy atom. The summed E-state index contributed by atoms with van der Waals surface area (Å²) in [6.07, 6.45) is 4.26. The Labute approximate surface area is 148 Å². The Morgan fingerprint density at radius 3 is 2.84 bits per heavy atom. The summed E-state index contributed by atoms with van der Waals surface area (Å²) >= 11 is 0. The molecule has 4 unspecified atom stereocenters. The average molecular weight is 346 g/mol. The summed E-state index contributed by atoms with van der Waals surface area (Å²) in [5, 5.41) is 0. The van der Waals surface area contributed by atoms with Gasteiger partial charge in [-0.15, -0.1) is 0 Å². The highest BCUT2D eigenvalue weighted by Gasteiger charge is 2.36. The minimum Gasteiger partial charge on any atom is -0.492 e. The number of dihydropyridines is 1. The van der Waals surface area contributed by atoms with Gasteiger partial charge in [0.15, 0.2) is 0 Å². The molecule has 136 valence electrons. The highest BCUT2D eigenvalue weighted by atomic mass is 19.1. The lowest BCUT2D eigenvalue weighted by Gasteiger charge is -2.37. The number of benzene rings is 1. The number of nitrogens with two attached hydrogens (primary N) is 1. The normalized spacial score (nSPS) is 26.2. The van der Waals surface area contributed by atoms with Crippen molar-refractivity contribution in [3.63, 3.8) is 0 Å². The largest absolute Gasteiger partial charge is 0.492 e. The number of ether oxygens (including phenoxy) is 2. The third-order valence-electron chi connectivity index (χ3n) is 4.75. The topological polar surface area (TPSA) is 56.8 Å². The lowest BCUT2D eigenvalue weighted by molar-refractivity contribution is 0.154. The first kappa shape index (κ1) is 17.9. The van der Waals surface area contributed by atoms with E-state index in [1.165, 1.54) is 19.4 Å². The van der Waals surface area contributed by atoms with Crippen molar-refractivity contribution < 1.29 is 13.9 Å². The van der Waals surface area contributed by atoms with E-state index in [4.69, 9.17) is 15.2 Å². The Hall–Kier alpha value is -1.88. The van der Waals surface area contributed by atoms with Crippen LogP contribution in [-0.2, 0) is 0 Å². The van der Waals surface area contributed by atoms with E-state index in [0.717, 1.165) is 11.3 Å². The highest BCUT2D eigenvalue weighted by molar-refractivity contribution is 5.90. The van der Waals surface area contributed by atoms with Crippen LogP contribution in [0.5, 0.6) is 11.5 Å². The predicted octanol–water partition coefficient (Wildman–Crippen LogP) is 3.78. The second-order valence-corrected chi connectivity index (χ2v) is 7.66. The first-order valence-corrected chi connectivity index (χ1v) is 8.86. The monoisotopic (exact) mass is 346 g/mol. The molecule has 0 saturated heterocycles. The fourth-order valence-electron chi connectivity index (χ4n) is 3.72. The molecule has 1 aromatic rings. The molecule has 2 aliphatic heterocycles. The van der Waals surface area contributed by atoms with Crippen LogP contribution in [0.3, 0.4) is 0 Å². The number of alkyl halides is 1. The van der Waals surface area contributed by atoms with Crippen molar-refractivity contribution in [2.24, 2.45) is 16.6 Å². The van der Waals surface area contributed by atoms with E-state index < -0.39 is 5.67 Å². The highest BCUT2D eigenvalue weighted by Crippen LogP contribution is 2.43. The minimum atomic E-state index is -1.29. The predicted molar refractivity (Wildman–Crippen MR) is 99.2 cm³/mol. The molecular formula is C20H27FN2O2. The van der Waals surface area contributed by atoms with Crippen LogP contribution in [0.4, 0.5) is 4.39 Å². The summed E-state index contributed by atoms with van der Waals surface area (Å²) in [5.41, 5.74) is 7.00. The van der Waals surface area contributed by atoms with Crippen LogP contribution in [0.1, 0.15) is 39.7 Å². The molecule has 0 bridgehead atoms. The Morgan fingerprint density at radius 2 is 2.12 bits per heavy atom. The van der Waals surface area contributed by atoms with E-state index in [0.29, 0.717) is 5.75 Å². The number of allylic oxidation sites excluding steroid dienone is 1. The number of rotatable bonds is 5. The molecule has 0 radical (unpaired) electrons. The summed E-state index contributed by atoms with van der Waals surface area (Å²) in [4.78, 5) is 4.48. The zero-order valence-electron chi connectivity index (χ0n) is 15.3. The quantitative estimate of drug-likeness (QED) is 0.882. The van der Waals surface area contributed by atoms with E-state index in [9.17, 15) is 4.39 Å². The second-order valence-electron chi connectivity index (χ2n) is 7.66. The van der Waals surface area contributed by atoms with Gasteiger partial charge in [-0.25, -0.2) is 4.39 Å². The molecule has 1 aromatic carbocycles. The molecular weight excluding hydrogens is 319 g/mol. The smallest absolute Gasteiger partial charge is 0.130 e. The van der Waals surface area contributed by atoms with E-state index in [2.05, 4.69) is 24.9 Å². The van der Waals surface area contributed by atoms with Gasteiger partial charge in [0.25, 0.3) is 0 Å². The molecule has 2 aliphatic rings. The number of aliphatic imine (C=N–C) groups is 1. The molecule has 3 rings (SSSR count).